The van der Waals surface area contributed by atoms with E-state index in [-0.39, 0.29) is 24.3 Å². The van der Waals surface area contributed by atoms with Gasteiger partial charge in [-0.05, 0) is 32.6 Å². The van der Waals surface area contributed by atoms with Crippen molar-refractivity contribution in [3.8, 4) is 6.01 Å². The maximum absolute atomic E-state index is 14.0. The Balaban J connectivity index is 1.62. The molecule has 1 saturated carbocycles. The molecule has 2 aromatic rings. The summed E-state index contributed by atoms with van der Waals surface area (Å²) in [5.41, 5.74) is 3.94. The van der Waals surface area contributed by atoms with E-state index in [0.29, 0.717) is 32.3 Å². The molecule has 29 heavy (non-hydrogen) atoms. The molecule has 1 aliphatic rings. The Morgan fingerprint density at radius 2 is 1.72 bits per heavy atom. The molecule has 160 valence electrons. The van der Waals surface area contributed by atoms with E-state index < -0.39 is 40.3 Å². The van der Waals surface area contributed by atoms with E-state index in [1.165, 1.54) is 7.05 Å². The molecule has 3 N–H and O–H groups in total. The van der Waals surface area contributed by atoms with Crippen LogP contribution in [0.1, 0.15) is 32.6 Å². The number of amides is 2. The third kappa shape index (κ3) is 4.39. The Labute approximate surface area is 164 Å². The lowest BCUT2D eigenvalue weighted by atomic mass is 9.95. The van der Waals surface area contributed by atoms with Gasteiger partial charge in [-0.3, -0.25) is 4.57 Å². The first-order valence-corrected chi connectivity index (χ1v) is 9.21. The molecule has 1 heterocycles. The minimum atomic E-state index is -1.91. The number of nitrogens with two attached hydrogens (primary N) is 1. The number of fused-ring (bicyclic) bond motifs is 1. The van der Waals surface area contributed by atoms with Crippen LogP contribution in [0.3, 0.4) is 0 Å². The van der Waals surface area contributed by atoms with Crippen molar-refractivity contribution >= 4 is 17.1 Å². The van der Waals surface area contributed by atoms with Crippen LogP contribution in [0.4, 0.5) is 22.4 Å². The number of halogens is 4. The molecule has 0 radical (unpaired) electrons. The van der Waals surface area contributed by atoms with Crippen LogP contribution in [-0.4, -0.2) is 40.4 Å². The summed E-state index contributed by atoms with van der Waals surface area (Å²) in [7, 11) is 1.34. The van der Waals surface area contributed by atoms with E-state index in [9.17, 15) is 22.4 Å². The number of hydrogen-bond acceptors (Lipinski definition) is 4. The topological polar surface area (TPSA) is 91.4 Å². The minimum absolute atomic E-state index is 0.0227. The Hall–Kier alpha value is -2.56. The number of rotatable bonds is 6. The highest BCUT2D eigenvalue weighted by molar-refractivity contribution is 5.78. The van der Waals surface area contributed by atoms with E-state index >= 15 is 0 Å². The summed E-state index contributed by atoms with van der Waals surface area (Å²) in [6.07, 6.45) is 2.23. The highest BCUT2D eigenvalue weighted by atomic mass is 19.2. The van der Waals surface area contributed by atoms with E-state index in [1.54, 1.807) is 6.92 Å². The predicted molar refractivity (Wildman–Crippen MR) is 95.4 cm³/mol. The predicted octanol–water partition coefficient (Wildman–Crippen LogP) is 2.89. The van der Waals surface area contributed by atoms with Crippen LogP contribution in [0.2, 0.25) is 0 Å². The van der Waals surface area contributed by atoms with Gasteiger partial charge < -0.3 is 20.5 Å². The molecule has 0 saturated heterocycles. The van der Waals surface area contributed by atoms with Crippen LogP contribution in [0.25, 0.3) is 11.0 Å². The smallest absolute Gasteiger partial charge is 0.312 e. The van der Waals surface area contributed by atoms with E-state index in [4.69, 9.17) is 15.2 Å². The lowest BCUT2D eigenvalue weighted by Gasteiger charge is -2.29. The van der Waals surface area contributed by atoms with Crippen molar-refractivity contribution in [2.24, 2.45) is 12.8 Å². The number of aryl methyl sites for hydroxylation is 1. The Morgan fingerprint density at radius 3 is 2.34 bits per heavy atom. The molecular formula is C18H22F4N4O3. The molecule has 0 spiro atoms. The van der Waals surface area contributed by atoms with E-state index in [2.05, 4.69) is 10.3 Å². The Bertz CT molecular complexity index is 913. The van der Waals surface area contributed by atoms with Crippen LogP contribution >= 0.6 is 0 Å². The van der Waals surface area contributed by atoms with Crippen LogP contribution in [-0.2, 0) is 11.8 Å². The van der Waals surface area contributed by atoms with Crippen LogP contribution in [0.5, 0.6) is 6.01 Å². The lowest BCUT2D eigenvalue weighted by molar-refractivity contribution is -0.00550. The van der Waals surface area contributed by atoms with Gasteiger partial charge in [-0.2, -0.15) is 4.98 Å². The average molecular weight is 418 g/mol. The fourth-order valence-electron chi connectivity index (χ4n) is 3.42. The van der Waals surface area contributed by atoms with Crippen LogP contribution in [0.15, 0.2) is 0 Å². The van der Waals surface area contributed by atoms with Gasteiger partial charge in [0, 0.05) is 7.05 Å². The molecule has 0 aliphatic heterocycles. The molecule has 0 bridgehead atoms. The normalized spacial score (nSPS) is 20.6. The standard InChI is InChI=1S/C18H22F4N4O3/c1-8(24-17(23)27)7-28-9-3-5-10(6-4-9)29-18-25-15-13(21)11(19)12(20)14(22)16(15)26(18)2/h8-10H,3-7H2,1-2H3,(H3,23,24,27)/t8-,9-,10-/m0/s1. The van der Waals surface area contributed by atoms with Gasteiger partial charge in [0.05, 0.1) is 18.8 Å². The van der Waals surface area contributed by atoms with Gasteiger partial charge in [0.2, 0.25) is 0 Å². The molecule has 0 unspecified atom stereocenters. The summed E-state index contributed by atoms with van der Waals surface area (Å²) in [6.45, 7) is 2.09. The second-order valence-electron chi connectivity index (χ2n) is 7.17. The Morgan fingerprint density at radius 1 is 1.14 bits per heavy atom. The SMILES string of the molecule is C[C@@H](CO[C@H]1CC[C@H](Oc2nc3c(F)c(F)c(F)c(F)c3n2C)CC1)NC(N)=O. The number of benzene rings is 1. The molecule has 7 nitrogen and oxygen atoms in total. The molecule has 2 amide bonds. The second-order valence-corrected chi connectivity index (χ2v) is 7.17. The lowest BCUT2D eigenvalue weighted by Crippen LogP contribution is -2.40. The molecule has 1 aromatic heterocycles. The first kappa shape index (κ1) is 21.2. The number of hydrogen-bond donors (Lipinski definition) is 2. The number of urea groups is 1. The number of carbonyl (C=O) groups is 1. The van der Waals surface area contributed by atoms with Gasteiger partial charge in [0.15, 0.2) is 23.3 Å². The average Bonchev–Trinajstić information content (AvgIpc) is 3.00. The maximum atomic E-state index is 14.0. The highest BCUT2D eigenvalue weighted by Gasteiger charge is 2.28. The molecular weight excluding hydrogens is 396 g/mol. The third-order valence-corrected chi connectivity index (χ3v) is 4.91. The van der Waals surface area contributed by atoms with Gasteiger partial charge >= 0.3 is 6.03 Å². The van der Waals surface area contributed by atoms with Crippen molar-refractivity contribution in [3.05, 3.63) is 23.3 Å². The van der Waals surface area contributed by atoms with Gasteiger partial charge in [0.25, 0.3) is 6.01 Å². The minimum Gasteiger partial charge on any atom is -0.461 e. The largest absolute Gasteiger partial charge is 0.461 e. The number of imidazole rings is 1. The monoisotopic (exact) mass is 418 g/mol. The van der Waals surface area contributed by atoms with Crippen LogP contribution in [0, 0.1) is 23.3 Å². The number of nitrogens with one attached hydrogen (secondary N) is 1. The zero-order chi connectivity index (χ0) is 21.3. The number of nitrogens with zero attached hydrogens (tertiary/aromatic N) is 2. The van der Waals surface area contributed by atoms with Gasteiger partial charge in [0.1, 0.15) is 17.1 Å². The van der Waals surface area contributed by atoms with E-state index in [0.717, 1.165) is 4.57 Å². The summed E-state index contributed by atoms with van der Waals surface area (Å²) < 4.78 is 67.4. The molecule has 1 aliphatic carbocycles. The van der Waals surface area contributed by atoms with Crippen molar-refractivity contribution < 1.29 is 31.8 Å². The number of carbonyl (C=O) groups excluding carboxylic acids is 1. The van der Waals surface area contributed by atoms with Crippen molar-refractivity contribution in [1.82, 2.24) is 14.9 Å². The molecule has 1 aromatic carbocycles. The molecule has 3 rings (SSSR count). The number of aromatic nitrogens is 2. The molecule has 11 heteroatoms. The fraction of sp³-hybridized carbons (Fsp3) is 0.556. The van der Waals surface area contributed by atoms with Crippen molar-refractivity contribution in [3.63, 3.8) is 0 Å². The first-order valence-electron chi connectivity index (χ1n) is 9.21. The van der Waals surface area contributed by atoms with E-state index in [1.807, 2.05) is 0 Å². The fourth-order valence-corrected chi connectivity index (χ4v) is 3.42. The summed E-state index contributed by atoms with van der Waals surface area (Å²) in [5, 5.41) is 2.52. The highest BCUT2D eigenvalue weighted by Crippen LogP contribution is 2.31. The summed E-state index contributed by atoms with van der Waals surface area (Å²) in [6, 6.07) is -0.952. The zero-order valence-electron chi connectivity index (χ0n) is 16.0. The zero-order valence-corrected chi connectivity index (χ0v) is 16.0. The Kier molecular flexibility index (Phi) is 6.15. The number of primary amides is 1. The van der Waals surface area contributed by atoms with Crippen molar-refractivity contribution in [1.29, 1.82) is 0 Å². The maximum Gasteiger partial charge on any atom is 0.312 e. The van der Waals surface area contributed by atoms with Gasteiger partial charge in [-0.15, -0.1) is 0 Å². The first-order chi connectivity index (χ1) is 13.7. The second kappa shape index (κ2) is 8.44. The number of ether oxygens (including phenoxy) is 2. The van der Waals surface area contributed by atoms with Gasteiger partial charge in [-0.1, -0.05) is 0 Å². The van der Waals surface area contributed by atoms with Crippen molar-refractivity contribution in [2.75, 3.05) is 6.61 Å². The quantitative estimate of drug-likeness (QED) is 0.429. The third-order valence-electron chi connectivity index (χ3n) is 4.91. The summed E-state index contributed by atoms with van der Waals surface area (Å²) in [5.74, 6) is -6.86. The summed E-state index contributed by atoms with van der Waals surface area (Å²) in [4.78, 5) is 14.6. The summed E-state index contributed by atoms with van der Waals surface area (Å²) >= 11 is 0. The molecule has 1 atom stereocenters. The molecule has 1 fully saturated rings. The van der Waals surface area contributed by atoms with Gasteiger partial charge in [-0.25, -0.2) is 22.4 Å². The van der Waals surface area contributed by atoms with Crippen molar-refractivity contribution in [2.45, 2.75) is 50.9 Å². The van der Waals surface area contributed by atoms with Crippen LogP contribution < -0.4 is 15.8 Å².